The van der Waals surface area contributed by atoms with E-state index in [-0.39, 0.29) is 5.88 Å². The van der Waals surface area contributed by atoms with Crippen LogP contribution < -0.4 is 4.74 Å². The Morgan fingerprint density at radius 2 is 1.90 bits per heavy atom. The van der Waals surface area contributed by atoms with Crippen molar-refractivity contribution in [1.82, 2.24) is 9.97 Å². The predicted octanol–water partition coefficient (Wildman–Crippen LogP) is 4.50. The second-order valence-electron chi connectivity index (χ2n) is 3.92. The molecule has 1 aromatic carbocycles. The number of hydrogen-bond acceptors (Lipinski definition) is 3. The monoisotopic (exact) mass is 302 g/mol. The van der Waals surface area contributed by atoms with E-state index in [1.165, 1.54) is 0 Å². The van der Waals surface area contributed by atoms with E-state index < -0.39 is 17.2 Å². The van der Waals surface area contributed by atoms with E-state index in [9.17, 15) is 13.2 Å². The molecule has 2 rings (SSSR count). The summed E-state index contributed by atoms with van der Waals surface area (Å²) in [4.78, 5) is 6.79. The lowest BCUT2D eigenvalue weighted by atomic mass is 10.1. The molecule has 0 amide bonds. The van der Waals surface area contributed by atoms with Crippen molar-refractivity contribution in [3.05, 3.63) is 46.9 Å². The number of nitrogens with zero attached hydrogens (tertiary/aromatic N) is 2. The minimum atomic E-state index is -4.60. The van der Waals surface area contributed by atoms with Gasteiger partial charge in [-0.05, 0) is 29.7 Å². The molecular weight excluding hydrogens is 293 g/mol. The van der Waals surface area contributed by atoms with Crippen LogP contribution in [0.5, 0.6) is 11.6 Å². The Labute approximate surface area is 118 Å². The smallest absolute Gasteiger partial charge is 0.433 e. The van der Waals surface area contributed by atoms with Gasteiger partial charge >= 0.3 is 6.18 Å². The summed E-state index contributed by atoms with van der Waals surface area (Å²) in [6.07, 6.45) is -3.92. The van der Waals surface area contributed by atoms with Gasteiger partial charge in [-0.25, -0.2) is 4.98 Å². The van der Waals surface area contributed by atoms with Gasteiger partial charge in [-0.1, -0.05) is 25.1 Å². The van der Waals surface area contributed by atoms with Crippen molar-refractivity contribution in [2.75, 3.05) is 0 Å². The Bertz CT molecular complexity index is 617. The molecule has 0 aliphatic carbocycles. The topological polar surface area (TPSA) is 35.0 Å². The van der Waals surface area contributed by atoms with Gasteiger partial charge in [0, 0.05) is 6.07 Å². The molecular formula is C13H10ClF3N2O. The Morgan fingerprint density at radius 1 is 1.20 bits per heavy atom. The number of alkyl halides is 3. The van der Waals surface area contributed by atoms with Crippen LogP contribution in [0.25, 0.3) is 0 Å². The zero-order valence-electron chi connectivity index (χ0n) is 10.4. The van der Waals surface area contributed by atoms with Crippen molar-refractivity contribution < 1.29 is 17.9 Å². The molecule has 2 aromatic rings. The first-order chi connectivity index (χ1) is 9.40. The molecule has 0 fully saturated rings. The van der Waals surface area contributed by atoms with E-state index in [0.717, 1.165) is 11.6 Å². The average molecular weight is 303 g/mol. The van der Waals surface area contributed by atoms with Gasteiger partial charge in [0.1, 0.15) is 5.75 Å². The zero-order valence-corrected chi connectivity index (χ0v) is 11.2. The van der Waals surface area contributed by atoms with Crippen LogP contribution in [-0.4, -0.2) is 9.97 Å². The largest absolute Gasteiger partial charge is 0.439 e. The van der Waals surface area contributed by atoms with E-state index in [1.807, 2.05) is 19.1 Å². The van der Waals surface area contributed by atoms with E-state index in [2.05, 4.69) is 9.97 Å². The second kappa shape index (κ2) is 5.66. The molecule has 0 atom stereocenters. The maximum Gasteiger partial charge on any atom is 0.433 e. The molecule has 7 heteroatoms. The minimum absolute atomic E-state index is 0.238. The molecule has 0 aliphatic rings. The quantitative estimate of drug-likeness (QED) is 0.783. The Morgan fingerprint density at radius 3 is 2.55 bits per heavy atom. The highest BCUT2D eigenvalue weighted by molar-refractivity contribution is 6.28. The first kappa shape index (κ1) is 14.6. The summed E-state index contributed by atoms with van der Waals surface area (Å²) in [5.74, 6) is 0.205. The number of aromatic nitrogens is 2. The number of benzene rings is 1. The SMILES string of the molecule is CCc1ccccc1Oc1cc(C(F)(F)F)nc(Cl)n1. The van der Waals surface area contributed by atoms with Crippen LogP contribution >= 0.6 is 11.6 Å². The fourth-order valence-corrected chi connectivity index (χ4v) is 1.78. The van der Waals surface area contributed by atoms with Crippen molar-refractivity contribution in [3.8, 4) is 11.6 Å². The van der Waals surface area contributed by atoms with Crippen molar-refractivity contribution in [2.24, 2.45) is 0 Å². The first-order valence-electron chi connectivity index (χ1n) is 5.77. The van der Waals surface area contributed by atoms with Gasteiger partial charge in [0.05, 0.1) is 0 Å². The standard InChI is InChI=1S/C13H10ClF3N2O/c1-2-8-5-3-4-6-9(8)20-11-7-10(13(15,16)17)18-12(14)19-11/h3-7H,2H2,1H3. The van der Waals surface area contributed by atoms with Gasteiger partial charge in [-0.15, -0.1) is 0 Å². The highest BCUT2D eigenvalue weighted by Gasteiger charge is 2.34. The molecule has 1 aromatic heterocycles. The number of halogens is 4. The van der Waals surface area contributed by atoms with E-state index >= 15 is 0 Å². The van der Waals surface area contributed by atoms with Gasteiger partial charge < -0.3 is 4.74 Å². The van der Waals surface area contributed by atoms with Gasteiger partial charge in [-0.3, -0.25) is 0 Å². The van der Waals surface area contributed by atoms with Gasteiger partial charge in [0.25, 0.3) is 0 Å². The zero-order chi connectivity index (χ0) is 14.8. The molecule has 1 heterocycles. The van der Waals surface area contributed by atoms with Gasteiger partial charge in [0.2, 0.25) is 11.2 Å². The fraction of sp³-hybridized carbons (Fsp3) is 0.231. The molecule has 0 radical (unpaired) electrons. The molecule has 0 bridgehead atoms. The summed E-state index contributed by atoms with van der Waals surface area (Å²) < 4.78 is 43.3. The van der Waals surface area contributed by atoms with E-state index in [0.29, 0.717) is 12.2 Å². The number of hydrogen-bond donors (Lipinski definition) is 0. The molecule has 0 saturated heterocycles. The second-order valence-corrected chi connectivity index (χ2v) is 4.26. The molecule has 0 aliphatic heterocycles. The number of rotatable bonds is 3. The summed E-state index contributed by atoms with van der Waals surface area (Å²) in [5.41, 5.74) is -0.280. The summed E-state index contributed by atoms with van der Waals surface area (Å²) in [5, 5.41) is -0.510. The summed E-state index contributed by atoms with van der Waals surface area (Å²) >= 11 is 5.49. The van der Waals surface area contributed by atoms with Crippen molar-refractivity contribution in [3.63, 3.8) is 0 Å². The Hall–Kier alpha value is -1.82. The highest BCUT2D eigenvalue weighted by Crippen LogP contribution is 2.32. The predicted molar refractivity (Wildman–Crippen MR) is 67.9 cm³/mol. The lowest BCUT2D eigenvalue weighted by molar-refractivity contribution is -0.141. The molecule has 0 spiro atoms. The van der Waals surface area contributed by atoms with Gasteiger partial charge in [-0.2, -0.15) is 18.2 Å². The first-order valence-corrected chi connectivity index (χ1v) is 6.15. The minimum Gasteiger partial charge on any atom is -0.439 e. The van der Waals surface area contributed by atoms with Crippen LogP contribution in [0.4, 0.5) is 13.2 Å². The van der Waals surface area contributed by atoms with Crippen LogP contribution in [0, 0.1) is 0 Å². The summed E-state index contributed by atoms with van der Waals surface area (Å²) in [7, 11) is 0. The Balaban J connectivity index is 2.36. The molecule has 0 N–H and O–H groups in total. The lowest BCUT2D eigenvalue weighted by Gasteiger charge is -2.11. The summed E-state index contributed by atoms with van der Waals surface area (Å²) in [6, 6.07) is 7.74. The van der Waals surface area contributed by atoms with Crippen LogP contribution in [0.15, 0.2) is 30.3 Å². The molecule has 0 unspecified atom stereocenters. The van der Waals surface area contributed by atoms with Crippen molar-refractivity contribution in [1.29, 1.82) is 0 Å². The third kappa shape index (κ3) is 3.39. The average Bonchev–Trinajstić information content (AvgIpc) is 2.37. The Kier molecular flexibility index (Phi) is 4.13. The van der Waals surface area contributed by atoms with Crippen molar-refractivity contribution >= 4 is 11.6 Å². The third-order valence-electron chi connectivity index (χ3n) is 2.53. The molecule has 106 valence electrons. The maximum atomic E-state index is 12.6. The van der Waals surface area contributed by atoms with Crippen LogP contribution in [0.1, 0.15) is 18.2 Å². The maximum absolute atomic E-state index is 12.6. The lowest BCUT2D eigenvalue weighted by Crippen LogP contribution is -2.09. The van der Waals surface area contributed by atoms with Gasteiger partial charge in [0.15, 0.2) is 5.69 Å². The van der Waals surface area contributed by atoms with E-state index in [1.54, 1.807) is 12.1 Å². The number of para-hydroxylation sites is 1. The van der Waals surface area contributed by atoms with Crippen LogP contribution in [0.2, 0.25) is 5.28 Å². The summed E-state index contributed by atoms with van der Waals surface area (Å²) in [6.45, 7) is 1.91. The van der Waals surface area contributed by atoms with Crippen LogP contribution in [-0.2, 0) is 12.6 Å². The van der Waals surface area contributed by atoms with Crippen LogP contribution in [0.3, 0.4) is 0 Å². The van der Waals surface area contributed by atoms with E-state index in [4.69, 9.17) is 16.3 Å². The number of ether oxygens (including phenoxy) is 1. The van der Waals surface area contributed by atoms with Crippen molar-refractivity contribution in [2.45, 2.75) is 19.5 Å². The molecule has 3 nitrogen and oxygen atoms in total. The fourth-order valence-electron chi connectivity index (χ4n) is 1.60. The molecule has 20 heavy (non-hydrogen) atoms. The number of aryl methyl sites for hydroxylation is 1. The normalized spacial score (nSPS) is 11.4. The highest BCUT2D eigenvalue weighted by atomic mass is 35.5. The third-order valence-corrected chi connectivity index (χ3v) is 2.70. The molecule has 0 saturated carbocycles.